The molecule has 0 unspecified atom stereocenters. The second kappa shape index (κ2) is 5.62. The summed E-state index contributed by atoms with van der Waals surface area (Å²) in [5, 5.41) is 8.16. The first-order valence-corrected chi connectivity index (χ1v) is 7.11. The smallest absolute Gasteiger partial charge is 0.214 e. The molecule has 5 nitrogen and oxygen atoms in total. The second-order valence-corrected chi connectivity index (χ2v) is 6.69. The molecule has 0 aliphatic carbocycles. The lowest BCUT2D eigenvalue weighted by Gasteiger charge is -2.30. The summed E-state index contributed by atoms with van der Waals surface area (Å²) >= 11 is 0. The van der Waals surface area contributed by atoms with Gasteiger partial charge in [-0.1, -0.05) is 0 Å². The standard InChI is InChI=1S/C10H19N3O2S/c1-9(2)16(14,15)12-10-3-6-13(7-4-10)8-5-11/h9-10,12H,3-4,6-8H2,1-2H3. The maximum absolute atomic E-state index is 11.6. The molecular formula is C10H19N3O2S. The fourth-order valence-corrected chi connectivity index (χ4v) is 2.65. The zero-order valence-corrected chi connectivity index (χ0v) is 10.6. The number of nitrogens with zero attached hydrogens (tertiary/aromatic N) is 2. The van der Waals surface area contributed by atoms with Gasteiger partial charge in [0.2, 0.25) is 10.0 Å². The van der Waals surface area contributed by atoms with Crippen molar-refractivity contribution in [3.63, 3.8) is 0 Å². The molecule has 16 heavy (non-hydrogen) atoms. The van der Waals surface area contributed by atoms with Crippen molar-refractivity contribution in [3.05, 3.63) is 0 Å². The minimum atomic E-state index is -3.16. The van der Waals surface area contributed by atoms with E-state index in [-0.39, 0.29) is 11.3 Å². The predicted octanol–water partition coefficient (Wildman–Crippen LogP) is 0.302. The Labute approximate surface area is 97.5 Å². The summed E-state index contributed by atoms with van der Waals surface area (Å²) in [7, 11) is -3.16. The Balaban J connectivity index is 2.41. The van der Waals surface area contributed by atoms with Crippen LogP contribution in [0.4, 0.5) is 0 Å². The Morgan fingerprint density at radius 1 is 1.44 bits per heavy atom. The molecule has 0 atom stereocenters. The van der Waals surface area contributed by atoms with Gasteiger partial charge in [0, 0.05) is 19.1 Å². The van der Waals surface area contributed by atoms with Crippen LogP contribution >= 0.6 is 0 Å². The van der Waals surface area contributed by atoms with Gasteiger partial charge in [-0.15, -0.1) is 0 Å². The average Bonchev–Trinajstić information content (AvgIpc) is 2.21. The summed E-state index contributed by atoms with van der Waals surface area (Å²) in [5.74, 6) is 0. The molecule has 1 saturated heterocycles. The Bertz CT molecular complexity index is 351. The van der Waals surface area contributed by atoms with Crippen molar-refractivity contribution in [2.75, 3.05) is 19.6 Å². The number of nitrogens with one attached hydrogen (secondary N) is 1. The largest absolute Gasteiger partial charge is 0.290 e. The highest BCUT2D eigenvalue weighted by molar-refractivity contribution is 7.90. The van der Waals surface area contributed by atoms with Gasteiger partial charge in [0.25, 0.3) is 0 Å². The Hall–Kier alpha value is -0.640. The van der Waals surface area contributed by atoms with E-state index in [9.17, 15) is 8.42 Å². The number of hydrogen-bond donors (Lipinski definition) is 1. The average molecular weight is 245 g/mol. The molecule has 0 spiro atoms. The molecule has 0 aromatic carbocycles. The van der Waals surface area contributed by atoms with Gasteiger partial charge in [-0.3, -0.25) is 4.90 Å². The summed E-state index contributed by atoms with van der Waals surface area (Å²) in [6.07, 6.45) is 1.57. The van der Waals surface area contributed by atoms with E-state index < -0.39 is 10.0 Å². The summed E-state index contributed by atoms with van der Waals surface area (Å²) < 4.78 is 26.0. The van der Waals surface area contributed by atoms with Gasteiger partial charge in [-0.05, 0) is 26.7 Å². The molecule has 1 heterocycles. The highest BCUT2D eigenvalue weighted by atomic mass is 32.2. The van der Waals surface area contributed by atoms with Gasteiger partial charge < -0.3 is 0 Å². The van der Waals surface area contributed by atoms with E-state index in [0.717, 1.165) is 25.9 Å². The fraction of sp³-hybridized carbons (Fsp3) is 0.900. The first-order chi connectivity index (χ1) is 7.45. The molecule has 0 aromatic rings. The van der Waals surface area contributed by atoms with Crippen molar-refractivity contribution in [1.29, 1.82) is 5.26 Å². The van der Waals surface area contributed by atoms with Gasteiger partial charge in [-0.25, -0.2) is 13.1 Å². The number of nitriles is 1. The molecule has 0 radical (unpaired) electrons. The third-order valence-electron chi connectivity index (χ3n) is 2.83. The van der Waals surface area contributed by atoms with E-state index >= 15 is 0 Å². The first-order valence-electron chi connectivity index (χ1n) is 5.56. The van der Waals surface area contributed by atoms with Crippen LogP contribution in [0.15, 0.2) is 0 Å². The zero-order valence-electron chi connectivity index (χ0n) is 9.81. The predicted molar refractivity (Wildman–Crippen MR) is 62.3 cm³/mol. The Morgan fingerprint density at radius 3 is 2.44 bits per heavy atom. The minimum absolute atomic E-state index is 0.0299. The molecular weight excluding hydrogens is 226 g/mol. The maximum Gasteiger partial charge on any atom is 0.214 e. The number of rotatable bonds is 4. The number of sulfonamides is 1. The van der Waals surface area contributed by atoms with Crippen molar-refractivity contribution < 1.29 is 8.42 Å². The summed E-state index contributed by atoms with van der Waals surface area (Å²) in [4.78, 5) is 2.04. The molecule has 0 amide bonds. The van der Waals surface area contributed by atoms with Crippen LogP contribution in [0.25, 0.3) is 0 Å². The quantitative estimate of drug-likeness (QED) is 0.723. The highest BCUT2D eigenvalue weighted by Crippen LogP contribution is 2.11. The molecule has 1 rings (SSSR count). The van der Waals surface area contributed by atoms with Gasteiger partial charge in [-0.2, -0.15) is 5.26 Å². The summed E-state index contributed by atoms with van der Waals surface area (Å²) in [6, 6.07) is 2.14. The van der Waals surface area contributed by atoms with Gasteiger partial charge in [0.15, 0.2) is 0 Å². The highest BCUT2D eigenvalue weighted by Gasteiger charge is 2.24. The van der Waals surface area contributed by atoms with Crippen molar-refractivity contribution in [2.24, 2.45) is 0 Å². The molecule has 1 aliphatic rings. The number of hydrogen-bond acceptors (Lipinski definition) is 4. The Kier molecular flexibility index (Phi) is 4.71. The molecule has 1 aliphatic heterocycles. The van der Waals surface area contributed by atoms with Crippen LogP contribution in [0.2, 0.25) is 0 Å². The number of piperidine rings is 1. The minimum Gasteiger partial charge on any atom is -0.290 e. The molecule has 0 saturated carbocycles. The van der Waals surface area contributed by atoms with Gasteiger partial charge in [0.05, 0.1) is 17.9 Å². The van der Waals surface area contributed by atoms with Gasteiger partial charge >= 0.3 is 0 Å². The lowest BCUT2D eigenvalue weighted by Crippen LogP contribution is -2.46. The zero-order chi connectivity index (χ0) is 12.2. The van der Waals surface area contributed by atoms with Crippen molar-refractivity contribution in [2.45, 2.75) is 38.0 Å². The Morgan fingerprint density at radius 2 is 2.00 bits per heavy atom. The van der Waals surface area contributed by atoms with E-state index in [2.05, 4.69) is 10.8 Å². The second-order valence-electron chi connectivity index (χ2n) is 4.42. The van der Waals surface area contributed by atoms with E-state index in [0.29, 0.717) is 6.54 Å². The van der Waals surface area contributed by atoms with Crippen molar-refractivity contribution in [3.8, 4) is 6.07 Å². The summed E-state index contributed by atoms with van der Waals surface area (Å²) in [5.41, 5.74) is 0. The monoisotopic (exact) mass is 245 g/mol. The number of likely N-dealkylation sites (tertiary alicyclic amines) is 1. The summed E-state index contributed by atoms with van der Waals surface area (Å²) in [6.45, 7) is 5.36. The van der Waals surface area contributed by atoms with Crippen LogP contribution in [-0.2, 0) is 10.0 Å². The van der Waals surface area contributed by atoms with Crippen LogP contribution in [0.1, 0.15) is 26.7 Å². The molecule has 0 aromatic heterocycles. The normalized spacial score (nSPS) is 19.9. The van der Waals surface area contributed by atoms with Crippen LogP contribution in [0.3, 0.4) is 0 Å². The lowest BCUT2D eigenvalue weighted by atomic mass is 10.1. The van der Waals surface area contributed by atoms with Crippen LogP contribution < -0.4 is 4.72 Å². The molecule has 6 heteroatoms. The van der Waals surface area contributed by atoms with Crippen LogP contribution in [-0.4, -0.2) is 44.2 Å². The molecule has 1 fully saturated rings. The molecule has 1 N–H and O–H groups in total. The lowest BCUT2D eigenvalue weighted by molar-refractivity contribution is 0.228. The van der Waals surface area contributed by atoms with E-state index in [1.165, 1.54) is 0 Å². The van der Waals surface area contributed by atoms with E-state index in [1.54, 1.807) is 13.8 Å². The SMILES string of the molecule is CC(C)S(=O)(=O)NC1CCN(CC#N)CC1. The third-order valence-corrected chi connectivity index (χ3v) is 4.74. The van der Waals surface area contributed by atoms with Crippen molar-refractivity contribution >= 4 is 10.0 Å². The van der Waals surface area contributed by atoms with Crippen LogP contribution in [0, 0.1) is 11.3 Å². The molecule has 92 valence electrons. The van der Waals surface area contributed by atoms with E-state index in [1.807, 2.05) is 4.90 Å². The first kappa shape index (κ1) is 13.4. The van der Waals surface area contributed by atoms with E-state index in [4.69, 9.17) is 5.26 Å². The third kappa shape index (κ3) is 3.74. The van der Waals surface area contributed by atoms with Crippen molar-refractivity contribution in [1.82, 2.24) is 9.62 Å². The maximum atomic E-state index is 11.6. The van der Waals surface area contributed by atoms with Crippen LogP contribution in [0.5, 0.6) is 0 Å². The van der Waals surface area contributed by atoms with Gasteiger partial charge in [0.1, 0.15) is 0 Å². The molecule has 0 bridgehead atoms. The topological polar surface area (TPSA) is 73.2 Å². The fourth-order valence-electron chi connectivity index (χ4n) is 1.68.